The molecule has 3 aromatic rings. The van der Waals surface area contributed by atoms with Crippen LogP contribution >= 0.6 is 0 Å². The van der Waals surface area contributed by atoms with E-state index < -0.39 is 0 Å². The van der Waals surface area contributed by atoms with E-state index in [0.717, 1.165) is 11.4 Å². The number of aromatic nitrogens is 3. The van der Waals surface area contributed by atoms with Gasteiger partial charge in [0.25, 0.3) is 0 Å². The lowest BCUT2D eigenvalue weighted by Crippen LogP contribution is -2.31. The van der Waals surface area contributed by atoms with E-state index in [1.807, 2.05) is 48.5 Å². The number of aryl methyl sites for hydroxylation is 2. The molecule has 0 aliphatic heterocycles. The van der Waals surface area contributed by atoms with Gasteiger partial charge in [0.05, 0.1) is 18.8 Å². The summed E-state index contributed by atoms with van der Waals surface area (Å²) in [6.45, 7) is 2.12. The quantitative estimate of drug-likeness (QED) is 0.607. The summed E-state index contributed by atoms with van der Waals surface area (Å²) in [6, 6.07) is 8.21. The van der Waals surface area contributed by atoms with Gasteiger partial charge >= 0.3 is 5.82 Å². The second-order valence-electron chi connectivity index (χ2n) is 4.39. The van der Waals surface area contributed by atoms with Gasteiger partial charge in [0, 0.05) is 23.8 Å². The average molecular weight is 236 g/mol. The molecule has 0 saturated heterocycles. The van der Waals surface area contributed by atoms with Gasteiger partial charge in [-0.15, -0.1) is 0 Å². The van der Waals surface area contributed by atoms with Crippen molar-refractivity contribution in [2.45, 2.75) is 6.92 Å². The Morgan fingerprint density at radius 1 is 1.11 bits per heavy atom. The molecule has 0 radical (unpaired) electrons. The molecule has 3 nitrogen and oxygen atoms in total. The average Bonchev–Trinajstić information content (AvgIpc) is 2.41. The van der Waals surface area contributed by atoms with Crippen LogP contribution in [0.25, 0.3) is 22.2 Å². The van der Waals surface area contributed by atoms with Crippen LogP contribution in [0.5, 0.6) is 0 Å². The van der Waals surface area contributed by atoms with Crippen molar-refractivity contribution in [1.82, 2.24) is 9.97 Å². The number of hydrogen-bond acceptors (Lipinski definition) is 2. The third kappa shape index (κ3) is 1.64. The highest BCUT2D eigenvalue weighted by Crippen LogP contribution is 2.25. The summed E-state index contributed by atoms with van der Waals surface area (Å²) in [5, 5.41) is 2.39. The van der Waals surface area contributed by atoms with Crippen LogP contribution in [-0.2, 0) is 7.05 Å². The zero-order valence-corrected chi connectivity index (χ0v) is 10.5. The second kappa shape index (κ2) is 4.18. The smallest absolute Gasteiger partial charge is 0.264 e. The fourth-order valence-corrected chi connectivity index (χ4v) is 2.25. The predicted molar refractivity (Wildman–Crippen MR) is 70.9 cm³/mol. The third-order valence-corrected chi connectivity index (χ3v) is 3.26. The van der Waals surface area contributed by atoms with Crippen molar-refractivity contribution >= 4 is 10.8 Å². The Hall–Kier alpha value is -2.29. The van der Waals surface area contributed by atoms with Crippen LogP contribution in [0.2, 0.25) is 0 Å². The van der Waals surface area contributed by atoms with E-state index in [4.69, 9.17) is 0 Å². The van der Waals surface area contributed by atoms with Crippen molar-refractivity contribution in [3.63, 3.8) is 0 Å². The molecule has 0 spiro atoms. The van der Waals surface area contributed by atoms with Crippen LogP contribution in [0, 0.1) is 6.92 Å². The van der Waals surface area contributed by atoms with Crippen LogP contribution in [0.4, 0.5) is 0 Å². The lowest BCUT2D eigenvalue weighted by atomic mass is 10.0. The first kappa shape index (κ1) is 10.8. The number of benzene rings is 1. The SMILES string of the molecule is Cc1c(-c2nccc[n+]2C)ccc2ccncc12. The van der Waals surface area contributed by atoms with Crippen molar-refractivity contribution in [2.75, 3.05) is 0 Å². The van der Waals surface area contributed by atoms with Gasteiger partial charge in [-0.25, -0.2) is 4.57 Å². The summed E-state index contributed by atoms with van der Waals surface area (Å²) in [5.74, 6) is 0.973. The van der Waals surface area contributed by atoms with Crippen molar-refractivity contribution in [2.24, 2.45) is 7.05 Å². The lowest BCUT2D eigenvalue weighted by molar-refractivity contribution is -0.663. The molecule has 88 valence electrons. The van der Waals surface area contributed by atoms with E-state index in [2.05, 4.69) is 29.0 Å². The van der Waals surface area contributed by atoms with Gasteiger partial charge in [0.1, 0.15) is 6.20 Å². The van der Waals surface area contributed by atoms with Gasteiger partial charge in [-0.1, -0.05) is 6.07 Å². The van der Waals surface area contributed by atoms with Gasteiger partial charge in [-0.3, -0.25) is 4.98 Å². The molecular weight excluding hydrogens is 222 g/mol. The van der Waals surface area contributed by atoms with E-state index in [1.165, 1.54) is 16.3 Å². The molecule has 0 bridgehead atoms. The maximum absolute atomic E-state index is 4.46. The van der Waals surface area contributed by atoms with Crippen molar-refractivity contribution in [1.29, 1.82) is 0 Å². The monoisotopic (exact) mass is 236 g/mol. The highest BCUT2D eigenvalue weighted by atomic mass is 15.0. The topological polar surface area (TPSA) is 29.7 Å². The number of rotatable bonds is 1. The molecule has 0 aliphatic rings. The van der Waals surface area contributed by atoms with Crippen molar-refractivity contribution in [3.8, 4) is 11.4 Å². The summed E-state index contributed by atoms with van der Waals surface area (Å²) in [5.41, 5.74) is 2.37. The molecule has 0 saturated carbocycles. The largest absolute Gasteiger partial charge is 0.330 e. The Labute approximate surface area is 106 Å². The van der Waals surface area contributed by atoms with Crippen LogP contribution in [0.15, 0.2) is 49.1 Å². The first-order valence-corrected chi connectivity index (χ1v) is 5.92. The molecule has 2 heterocycles. The first-order chi connectivity index (χ1) is 8.77. The highest BCUT2D eigenvalue weighted by molar-refractivity contribution is 5.89. The Morgan fingerprint density at radius 3 is 2.83 bits per heavy atom. The summed E-state index contributed by atoms with van der Waals surface area (Å²) in [6.07, 6.45) is 7.57. The van der Waals surface area contributed by atoms with Gasteiger partial charge in [-0.05, 0) is 35.0 Å². The van der Waals surface area contributed by atoms with E-state index in [1.54, 1.807) is 0 Å². The van der Waals surface area contributed by atoms with Gasteiger partial charge < -0.3 is 0 Å². The first-order valence-electron chi connectivity index (χ1n) is 5.92. The van der Waals surface area contributed by atoms with Crippen LogP contribution in [0.3, 0.4) is 0 Å². The summed E-state index contributed by atoms with van der Waals surface area (Å²) in [4.78, 5) is 8.66. The number of nitrogens with zero attached hydrogens (tertiary/aromatic N) is 3. The molecule has 0 atom stereocenters. The molecule has 0 amide bonds. The molecule has 18 heavy (non-hydrogen) atoms. The van der Waals surface area contributed by atoms with Crippen LogP contribution < -0.4 is 4.57 Å². The summed E-state index contributed by atoms with van der Waals surface area (Å²) in [7, 11) is 2.01. The lowest BCUT2D eigenvalue weighted by Gasteiger charge is -2.06. The Bertz CT molecular complexity index is 720. The van der Waals surface area contributed by atoms with Gasteiger partial charge in [-0.2, -0.15) is 0 Å². The maximum atomic E-state index is 4.46. The molecule has 3 heteroatoms. The van der Waals surface area contributed by atoms with E-state index in [-0.39, 0.29) is 0 Å². The zero-order valence-electron chi connectivity index (χ0n) is 10.5. The molecule has 1 aromatic carbocycles. The number of hydrogen-bond donors (Lipinski definition) is 0. The predicted octanol–water partition coefficient (Wildman–Crippen LogP) is 2.43. The van der Waals surface area contributed by atoms with Crippen LogP contribution in [0.1, 0.15) is 5.56 Å². The Kier molecular flexibility index (Phi) is 2.52. The molecular formula is C15H14N3+. The van der Waals surface area contributed by atoms with E-state index in [9.17, 15) is 0 Å². The molecule has 0 fully saturated rings. The van der Waals surface area contributed by atoms with Crippen molar-refractivity contribution < 1.29 is 4.57 Å². The fraction of sp³-hybridized carbons (Fsp3) is 0.133. The summed E-state index contributed by atoms with van der Waals surface area (Å²) < 4.78 is 2.03. The molecule has 2 aromatic heterocycles. The maximum Gasteiger partial charge on any atom is 0.330 e. The minimum atomic E-state index is 0.973. The van der Waals surface area contributed by atoms with Gasteiger partial charge in [0.2, 0.25) is 0 Å². The Balaban J connectivity index is 2.31. The molecule has 0 aliphatic carbocycles. The summed E-state index contributed by atoms with van der Waals surface area (Å²) >= 11 is 0. The molecule has 0 unspecified atom stereocenters. The molecule has 3 rings (SSSR count). The van der Waals surface area contributed by atoms with E-state index >= 15 is 0 Å². The van der Waals surface area contributed by atoms with E-state index in [0.29, 0.717) is 0 Å². The minimum Gasteiger partial charge on any atom is -0.264 e. The minimum absolute atomic E-state index is 0.973. The normalized spacial score (nSPS) is 10.8. The fourth-order valence-electron chi connectivity index (χ4n) is 2.25. The highest BCUT2D eigenvalue weighted by Gasteiger charge is 2.15. The number of fused-ring (bicyclic) bond motifs is 1. The van der Waals surface area contributed by atoms with Crippen LogP contribution in [-0.4, -0.2) is 9.97 Å². The zero-order chi connectivity index (χ0) is 12.5. The third-order valence-electron chi connectivity index (χ3n) is 3.26. The van der Waals surface area contributed by atoms with Gasteiger partial charge in [0.15, 0.2) is 0 Å². The second-order valence-corrected chi connectivity index (χ2v) is 4.39. The van der Waals surface area contributed by atoms with Crippen molar-refractivity contribution in [3.05, 3.63) is 54.6 Å². The number of pyridine rings is 1. The standard InChI is InChI=1S/C15H14N3/c1-11-13(15-17-7-3-9-18(15)2)5-4-12-6-8-16-10-14(11)12/h3-10H,1-2H3/q+1. The Morgan fingerprint density at radius 2 is 2.00 bits per heavy atom. The molecule has 0 N–H and O–H groups in total.